The average Bonchev–Trinajstić information content (AvgIpc) is 3.04. The topological polar surface area (TPSA) is 100 Å². The van der Waals surface area contributed by atoms with Crippen LogP contribution in [0.2, 0.25) is 0 Å². The van der Waals surface area contributed by atoms with E-state index in [0.717, 1.165) is 5.69 Å². The Morgan fingerprint density at radius 2 is 2.09 bits per heavy atom. The Hall–Kier alpha value is -2.90. The van der Waals surface area contributed by atoms with Crippen LogP contribution in [-0.4, -0.2) is 49.9 Å². The van der Waals surface area contributed by atoms with E-state index in [2.05, 4.69) is 15.4 Å². The zero-order valence-corrected chi connectivity index (χ0v) is 12.4. The molecule has 0 spiro atoms. The Morgan fingerprint density at radius 3 is 2.83 bits per heavy atom. The number of anilines is 1. The molecule has 0 bridgehead atoms. The zero-order valence-electron chi connectivity index (χ0n) is 12.4. The lowest BCUT2D eigenvalue weighted by atomic mass is 9.99. The minimum absolute atomic E-state index is 0.236. The maximum atomic E-state index is 12.3. The third kappa shape index (κ3) is 3.47. The van der Waals surface area contributed by atoms with Crippen LogP contribution in [0, 0.1) is 5.92 Å². The third-order valence-electron chi connectivity index (χ3n) is 3.82. The molecule has 2 aromatic rings. The van der Waals surface area contributed by atoms with E-state index in [0.29, 0.717) is 25.1 Å². The highest BCUT2D eigenvalue weighted by Crippen LogP contribution is 2.18. The standard InChI is InChI=1S/C15H17N5O3/c21-14(22)11-2-1-7-19(9-11)15(23)18-12-8-17-20(10-12)13-3-5-16-6-4-13/h3-6,8,10-11H,1-2,7,9H2,(H,18,23)(H,21,22). The summed E-state index contributed by atoms with van der Waals surface area (Å²) in [4.78, 5) is 28.8. The molecule has 23 heavy (non-hydrogen) atoms. The van der Waals surface area contributed by atoms with Gasteiger partial charge >= 0.3 is 12.0 Å². The van der Waals surface area contributed by atoms with Gasteiger partial charge in [-0.3, -0.25) is 9.78 Å². The fraction of sp³-hybridized carbons (Fsp3) is 0.333. The molecule has 3 rings (SSSR count). The first-order chi connectivity index (χ1) is 11.1. The van der Waals surface area contributed by atoms with E-state index in [1.54, 1.807) is 41.6 Å². The molecule has 1 unspecified atom stereocenters. The van der Waals surface area contributed by atoms with Crippen LogP contribution in [0.1, 0.15) is 12.8 Å². The largest absolute Gasteiger partial charge is 0.481 e. The monoisotopic (exact) mass is 315 g/mol. The minimum atomic E-state index is -0.854. The maximum absolute atomic E-state index is 12.3. The number of carboxylic acids is 1. The highest BCUT2D eigenvalue weighted by Gasteiger charge is 2.28. The molecule has 1 atom stereocenters. The van der Waals surface area contributed by atoms with Gasteiger partial charge in [0.15, 0.2) is 0 Å². The minimum Gasteiger partial charge on any atom is -0.481 e. The van der Waals surface area contributed by atoms with E-state index in [-0.39, 0.29) is 12.6 Å². The number of nitrogens with zero attached hydrogens (tertiary/aromatic N) is 4. The molecule has 2 N–H and O–H groups in total. The quantitative estimate of drug-likeness (QED) is 0.896. The molecule has 8 heteroatoms. The average molecular weight is 315 g/mol. The van der Waals surface area contributed by atoms with Gasteiger partial charge in [0.25, 0.3) is 0 Å². The summed E-state index contributed by atoms with van der Waals surface area (Å²) in [6.45, 7) is 0.799. The van der Waals surface area contributed by atoms with Crippen LogP contribution >= 0.6 is 0 Å². The number of carboxylic acid groups (broad SMARTS) is 1. The van der Waals surface area contributed by atoms with Crippen LogP contribution in [0.15, 0.2) is 36.9 Å². The first-order valence-electron chi connectivity index (χ1n) is 7.37. The Labute approximate surface area is 132 Å². The van der Waals surface area contributed by atoms with Crippen LogP contribution in [0.25, 0.3) is 5.69 Å². The SMILES string of the molecule is O=C(O)C1CCCN(C(=O)Nc2cnn(-c3ccncc3)c2)C1. The van der Waals surface area contributed by atoms with Gasteiger partial charge in [-0.25, -0.2) is 9.48 Å². The fourth-order valence-corrected chi connectivity index (χ4v) is 2.59. The number of urea groups is 1. The number of aliphatic carboxylic acids is 1. The van der Waals surface area contributed by atoms with Crippen molar-refractivity contribution in [2.24, 2.45) is 5.92 Å². The van der Waals surface area contributed by atoms with E-state index in [9.17, 15) is 9.59 Å². The summed E-state index contributed by atoms with van der Waals surface area (Å²) >= 11 is 0. The van der Waals surface area contributed by atoms with Gasteiger partial charge in [0, 0.05) is 25.5 Å². The molecule has 1 aliphatic rings. The lowest BCUT2D eigenvalue weighted by Crippen LogP contribution is -2.44. The van der Waals surface area contributed by atoms with Gasteiger partial charge in [0.2, 0.25) is 0 Å². The number of likely N-dealkylation sites (tertiary alicyclic amines) is 1. The Morgan fingerprint density at radius 1 is 1.30 bits per heavy atom. The number of piperidine rings is 1. The van der Waals surface area contributed by atoms with Gasteiger partial charge in [0.05, 0.1) is 29.7 Å². The Bertz CT molecular complexity index is 700. The molecule has 0 aromatic carbocycles. The third-order valence-corrected chi connectivity index (χ3v) is 3.82. The van der Waals surface area contributed by atoms with E-state index >= 15 is 0 Å². The number of pyridine rings is 1. The van der Waals surface area contributed by atoms with Gasteiger partial charge in [-0.15, -0.1) is 0 Å². The number of hydrogen-bond acceptors (Lipinski definition) is 4. The predicted molar refractivity (Wildman–Crippen MR) is 82.3 cm³/mol. The predicted octanol–water partition coefficient (Wildman–Crippen LogP) is 1.60. The van der Waals surface area contributed by atoms with Crippen LogP contribution in [0.3, 0.4) is 0 Å². The molecule has 0 radical (unpaired) electrons. The smallest absolute Gasteiger partial charge is 0.321 e. The number of carbonyl (C=O) groups is 2. The first kappa shape index (κ1) is 15.0. The van der Waals surface area contributed by atoms with Crippen LogP contribution in [0.4, 0.5) is 10.5 Å². The lowest BCUT2D eigenvalue weighted by molar-refractivity contribution is -0.143. The van der Waals surface area contributed by atoms with Crippen molar-refractivity contribution in [1.82, 2.24) is 19.7 Å². The van der Waals surface area contributed by atoms with E-state index in [1.807, 2.05) is 0 Å². The number of nitrogens with one attached hydrogen (secondary N) is 1. The number of amides is 2. The molecular weight excluding hydrogens is 298 g/mol. The second kappa shape index (κ2) is 6.47. The van der Waals surface area contributed by atoms with Crippen molar-refractivity contribution in [2.45, 2.75) is 12.8 Å². The van der Waals surface area contributed by atoms with E-state index in [1.165, 1.54) is 4.90 Å². The Kier molecular flexibility index (Phi) is 4.22. The summed E-state index contributed by atoms with van der Waals surface area (Å²) in [6, 6.07) is 3.31. The van der Waals surface area contributed by atoms with Crippen LogP contribution < -0.4 is 5.32 Å². The summed E-state index contributed by atoms with van der Waals surface area (Å²) in [6.07, 6.45) is 7.88. The second-order valence-corrected chi connectivity index (χ2v) is 5.43. The van der Waals surface area contributed by atoms with Gasteiger partial charge < -0.3 is 15.3 Å². The molecular formula is C15H17N5O3. The number of carbonyl (C=O) groups excluding carboxylic acids is 1. The van der Waals surface area contributed by atoms with Crippen molar-refractivity contribution >= 4 is 17.7 Å². The Balaban J connectivity index is 1.64. The van der Waals surface area contributed by atoms with Gasteiger partial charge in [0.1, 0.15) is 0 Å². The van der Waals surface area contributed by atoms with Crippen molar-refractivity contribution in [1.29, 1.82) is 0 Å². The zero-order chi connectivity index (χ0) is 16.2. The lowest BCUT2D eigenvalue weighted by Gasteiger charge is -2.30. The van der Waals surface area contributed by atoms with Crippen LogP contribution in [0.5, 0.6) is 0 Å². The molecule has 8 nitrogen and oxygen atoms in total. The maximum Gasteiger partial charge on any atom is 0.321 e. The van der Waals surface area contributed by atoms with Crippen molar-refractivity contribution in [2.75, 3.05) is 18.4 Å². The molecule has 3 heterocycles. The van der Waals surface area contributed by atoms with Gasteiger partial charge in [-0.1, -0.05) is 0 Å². The molecule has 0 saturated carbocycles. The van der Waals surface area contributed by atoms with Crippen molar-refractivity contribution in [3.8, 4) is 5.69 Å². The molecule has 0 aliphatic carbocycles. The molecule has 1 aliphatic heterocycles. The van der Waals surface area contributed by atoms with Crippen molar-refractivity contribution < 1.29 is 14.7 Å². The summed E-state index contributed by atoms with van der Waals surface area (Å²) in [5, 5.41) is 16.0. The molecule has 120 valence electrons. The number of hydrogen-bond donors (Lipinski definition) is 2. The van der Waals surface area contributed by atoms with Gasteiger partial charge in [-0.2, -0.15) is 5.10 Å². The van der Waals surface area contributed by atoms with Gasteiger partial charge in [-0.05, 0) is 25.0 Å². The number of rotatable bonds is 3. The van der Waals surface area contributed by atoms with E-state index < -0.39 is 11.9 Å². The van der Waals surface area contributed by atoms with E-state index in [4.69, 9.17) is 5.11 Å². The van der Waals surface area contributed by atoms with Crippen molar-refractivity contribution in [3.63, 3.8) is 0 Å². The number of aromatic nitrogens is 3. The molecule has 2 aromatic heterocycles. The normalized spacial score (nSPS) is 17.7. The summed E-state index contributed by atoms with van der Waals surface area (Å²) in [5.74, 6) is -1.35. The summed E-state index contributed by atoms with van der Waals surface area (Å²) in [7, 11) is 0. The molecule has 1 fully saturated rings. The summed E-state index contributed by atoms with van der Waals surface area (Å²) < 4.78 is 1.63. The fourth-order valence-electron chi connectivity index (χ4n) is 2.59. The van der Waals surface area contributed by atoms with Crippen molar-refractivity contribution in [3.05, 3.63) is 36.9 Å². The summed E-state index contributed by atoms with van der Waals surface area (Å²) in [5.41, 5.74) is 1.40. The molecule has 2 amide bonds. The molecule has 1 saturated heterocycles. The highest BCUT2D eigenvalue weighted by atomic mass is 16.4. The highest BCUT2D eigenvalue weighted by molar-refractivity contribution is 5.89. The first-order valence-corrected chi connectivity index (χ1v) is 7.37. The van der Waals surface area contributed by atoms with Crippen LogP contribution in [-0.2, 0) is 4.79 Å². The second-order valence-electron chi connectivity index (χ2n) is 5.43.